The van der Waals surface area contributed by atoms with E-state index < -0.39 is 0 Å². The summed E-state index contributed by atoms with van der Waals surface area (Å²) < 4.78 is 0.558. The SMILES string of the molecule is CON(C)C(=O)[C@H](C)c1c(C)ccc(O)c1Br. The Labute approximate surface area is 109 Å². The summed E-state index contributed by atoms with van der Waals surface area (Å²) >= 11 is 3.31. The third-order valence-corrected chi connectivity index (χ3v) is 3.60. The summed E-state index contributed by atoms with van der Waals surface area (Å²) in [4.78, 5) is 16.9. The Bertz CT molecular complexity index is 434. The van der Waals surface area contributed by atoms with Gasteiger partial charge in [0.15, 0.2) is 0 Å². The van der Waals surface area contributed by atoms with Gasteiger partial charge in [0.2, 0.25) is 0 Å². The molecule has 0 bridgehead atoms. The maximum atomic E-state index is 12.0. The predicted octanol–water partition coefficient (Wildman–Crippen LogP) is 2.59. The number of carbonyl (C=O) groups excluding carboxylic acids is 1. The number of carbonyl (C=O) groups is 1. The number of hydroxylamine groups is 2. The molecule has 0 spiro atoms. The molecule has 4 nitrogen and oxygen atoms in total. The molecule has 0 saturated heterocycles. The molecule has 1 atom stereocenters. The third-order valence-electron chi connectivity index (χ3n) is 2.77. The van der Waals surface area contributed by atoms with Gasteiger partial charge in [0.05, 0.1) is 17.5 Å². The minimum Gasteiger partial charge on any atom is -0.507 e. The van der Waals surface area contributed by atoms with Crippen molar-refractivity contribution in [1.82, 2.24) is 5.06 Å². The van der Waals surface area contributed by atoms with Crippen LogP contribution in [0.2, 0.25) is 0 Å². The van der Waals surface area contributed by atoms with Crippen LogP contribution in [0.15, 0.2) is 16.6 Å². The lowest BCUT2D eigenvalue weighted by Crippen LogP contribution is -2.30. The van der Waals surface area contributed by atoms with Gasteiger partial charge in [-0.15, -0.1) is 0 Å². The largest absolute Gasteiger partial charge is 0.507 e. The Morgan fingerprint density at radius 2 is 2.12 bits per heavy atom. The van der Waals surface area contributed by atoms with E-state index >= 15 is 0 Å². The van der Waals surface area contributed by atoms with Crippen molar-refractivity contribution in [3.63, 3.8) is 0 Å². The lowest BCUT2D eigenvalue weighted by molar-refractivity contribution is -0.170. The molecule has 94 valence electrons. The lowest BCUT2D eigenvalue weighted by atomic mass is 9.95. The first-order valence-corrected chi connectivity index (χ1v) is 5.99. The van der Waals surface area contributed by atoms with Crippen LogP contribution in [-0.4, -0.2) is 30.2 Å². The quantitative estimate of drug-likeness (QED) is 0.873. The van der Waals surface area contributed by atoms with Gasteiger partial charge >= 0.3 is 0 Å². The maximum Gasteiger partial charge on any atom is 0.253 e. The van der Waals surface area contributed by atoms with Crippen molar-refractivity contribution in [3.05, 3.63) is 27.7 Å². The molecule has 0 unspecified atom stereocenters. The van der Waals surface area contributed by atoms with E-state index in [1.807, 2.05) is 6.92 Å². The van der Waals surface area contributed by atoms with Gasteiger partial charge < -0.3 is 5.11 Å². The molecule has 0 aliphatic heterocycles. The molecule has 1 amide bonds. The van der Waals surface area contributed by atoms with Crippen molar-refractivity contribution in [2.45, 2.75) is 19.8 Å². The summed E-state index contributed by atoms with van der Waals surface area (Å²) in [6.45, 7) is 3.68. The number of amides is 1. The monoisotopic (exact) mass is 301 g/mol. The van der Waals surface area contributed by atoms with E-state index in [4.69, 9.17) is 4.84 Å². The maximum absolute atomic E-state index is 12.0. The van der Waals surface area contributed by atoms with Crippen LogP contribution in [0.4, 0.5) is 0 Å². The molecule has 0 heterocycles. The first-order valence-electron chi connectivity index (χ1n) is 5.19. The minimum absolute atomic E-state index is 0.130. The fraction of sp³-hybridized carbons (Fsp3) is 0.417. The van der Waals surface area contributed by atoms with Crippen LogP contribution in [0, 0.1) is 6.92 Å². The molecule has 1 aromatic carbocycles. The van der Waals surface area contributed by atoms with Crippen LogP contribution >= 0.6 is 15.9 Å². The fourth-order valence-corrected chi connectivity index (χ4v) is 2.48. The number of aromatic hydroxyl groups is 1. The minimum atomic E-state index is -0.388. The number of phenols is 1. The van der Waals surface area contributed by atoms with E-state index in [-0.39, 0.29) is 17.6 Å². The molecular formula is C12H16BrNO3. The second-order valence-electron chi connectivity index (χ2n) is 3.87. The van der Waals surface area contributed by atoms with E-state index in [0.29, 0.717) is 4.47 Å². The number of benzene rings is 1. The average molecular weight is 302 g/mol. The molecule has 0 aromatic heterocycles. The van der Waals surface area contributed by atoms with Crippen molar-refractivity contribution in [2.75, 3.05) is 14.2 Å². The number of rotatable bonds is 3. The number of aryl methyl sites for hydroxylation is 1. The van der Waals surface area contributed by atoms with Gasteiger partial charge in [-0.25, -0.2) is 5.06 Å². The highest BCUT2D eigenvalue weighted by Gasteiger charge is 2.24. The lowest BCUT2D eigenvalue weighted by Gasteiger charge is -2.21. The Kier molecular flexibility index (Phi) is 4.54. The molecule has 1 N–H and O–H groups in total. The fourth-order valence-electron chi connectivity index (χ4n) is 1.70. The predicted molar refractivity (Wildman–Crippen MR) is 68.7 cm³/mol. The summed E-state index contributed by atoms with van der Waals surface area (Å²) in [5, 5.41) is 10.8. The molecule has 1 aromatic rings. The normalized spacial score (nSPS) is 12.3. The van der Waals surface area contributed by atoms with Gasteiger partial charge in [0.25, 0.3) is 5.91 Å². The third kappa shape index (κ3) is 2.79. The van der Waals surface area contributed by atoms with Gasteiger partial charge in [0, 0.05) is 7.05 Å². The molecule has 0 aliphatic carbocycles. The van der Waals surface area contributed by atoms with Crippen LogP contribution in [0.25, 0.3) is 0 Å². The summed E-state index contributed by atoms with van der Waals surface area (Å²) in [5.41, 5.74) is 1.72. The number of halogens is 1. The van der Waals surface area contributed by atoms with Crippen molar-refractivity contribution >= 4 is 21.8 Å². The molecule has 0 aliphatic rings. The zero-order valence-corrected chi connectivity index (χ0v) is 11.9. The summed E-state index contributed by atoms with van der Waals surface area (Å²) in [6, 6.07) is 3.38. The smallest absolute Gasteiger partial charge is 0.253 e. The number of phenolic OH excluding ortho intramolecular Hbond substituents is 1. The van der Waals surface area contributed by atoms with Gasteiger partial charge in [0.1, 0.15) is 5.75 Å². The van der Waals surface area contributed by atoms with Gasteiger partial charge in [-0.05, 0) is 47.0 Å². The second-order valence-corrected chi connectivity index (χ2v) is 4.66. The first-order chi connectivity index (χ1) is 7.90. The van der Waals surface area contributed by atoms with E-state index in [9.17, 15) is 9.90 Å². The highest BCUT2D eigenvalue weighted by atomic mass is 79.9. The molecule has 5 heteroatoms. The molecule has 1 rings (SSSR count). The van der Waals surface area contributed by atoms with Gasteiger partial charge in [-0.2, -0.15) is 0 Å². The highest BCUT2D eigenvalue weighted by Crippen LogP contribution is 2.35. The summed E-state index contributed by atoms with van der Waals surface area (Å²) in [7, 11) is 3.00. The topological polar surface area (TPSA) is 49.8 Å². The Hall–Kier alpha value is -1.07. The Morgan fingerprint density at radius 1 is 1.53 bits per heavy atom. The van der Waals surface area contributed by atoms with Crippen molar-refractivity contribution in [1.29, 1.82) is 0 Å². The van der Waals surface area contributed by atoms with Crippen molar-refractivity contribution < 1.29 is 14.7 Å². The van der Waals surface area contributed by atoms with E-state index in [0.717, 1.165) is 11.1 Å². The molecule has 0 radical (unpaired) electrons. The van der Waals surface area contributed by atoms with Crippen LogP contribution < -0.4 is 0 Å². The molecule has 17 heavy (non-hydrogen) atoms. The molecular weight excluding hydrogens is 286 g/mol. The molecule has 0 fully saturated rings. The van der Waals surface area contributed by atoms with Gasteiger partial charge in [-0.1, -0.05) is 6.07 Å². The average Bonchev–Trinajstić information content (AvgIpc) is 2.32. The Balaban J connectivity index is 3.16. The highest BCUT2D eigenvalue weighted by molar-refractivity contribution is 9.10. The number of likely N-dealkylation sites (N-methyl/N-ethyl adjacent to an activating group) is 1. The zero-order valence-electron chi connectivity index (χ0n) is 10.3. The summed E-state index contributed by atoms with van der Waals surface area (Å²) in [6.07, 6.45) is 0. The zero-order chi connectivity index (χ0) is 13.2. The number of hydrogen-bond donors (Lipinski definition) is 1. The van der Waals surface area contributed by atoms with Crippen molar-refractivity contribution in [3.8, 4) is 5.75 Å². The van der Waals surface area contributed by atoms with Crippen LogP contribution in [0.1, 0.15) is 24.0 Å². The van der Waals surface area contributed by atoms with Gasteiger partial charge in [-0.3, -0.25) is 9.63 Å². The van der Waals surface area contributed by atoms with Crippen LogP contribution in [0.3, 0.4) is 0 Å². The second kappa shape index (κ2) is 5.51. The van der Waals surface area contributed by atoms with E-state index in [1.54, 1.807) is 26.1 Å². The van der Waals surface area contributed by atoms with E-state index in [1.165, 1.54) is 12.2 Å². The molecule has 0 saturated carbocycles. The van der Waals surface area contributed by atoms with E-state index in [2.05, 4.69) is 15.9 Å². The number of hydrogen-bond acceptors (Lipinski definition) is 3. The number of nitrogens with zero attached hydrogens (tertiary/aromatic N) is 1. The first kappa shape index (κ1) is 14.0. The van der Waals surface area contributed by atoms with Crippen LogP contribution in [-0.2, 0) is 9.63 Å². The standard InChI is InChI=1S/C12H16BrNO3/c1-7-5-6-9(15)11(13)10(7)8(2)12(16)14(3)17-4/h5-6,8,15H,1-4H3/t8-/m1/s1. The van der Waals surface area contributed by atoms with Crippen LogP contribution in [0.5, 0.6) is 5.75 Å². The Morgan fingerprint density at radius 3 is 2.65 bits per heavy atom. The van der Waals surface area contributed by atoms with Crippen molar-refractivity contribution in [2.24, 2.45) is 0 Å². The summed E-state index contributed by atoms with van der Waals surface area (Å²) in [5.74, 6) is -0.423.